The quantitative estimate of drug-likeness (QED) is 0.342. The molecule has 0 saturated heterocycles. The van der Waals surface area contributed by atoms with Crippen molar-refractivity contribution in [3.05, 3.63) is 33.8 Å². The second-order valence-corrected chi connectivity index (χ2v) is 5.41. The molecule has 0 aliphatic carbocycles. The van der Waals surface area contributed by atoms with E-state index in [-0.39, 0.29) is 5.97 Å². The molecular formula is C14H20N2O2S2. The number of ether oxygens (including phenoxy) is 1. The highest BCUT2D eigenvalue weighted by molar-refractivity contribution is 7.72. The van der Waals surface area contributed by atoms with Gasteiger partial charge in [-0.1, -0.05) is 25.2 Å². The third kappa shape index (κ3) is 5.79. The van der Waals surface area contributed by atoms with Gasteiger partial charge < -0.3 is 14.3 Å². The number of carbonyl (C=O) groups is 1. The molecule has 1 aromatic heterocycles. The summed E-state index contributed by atoms with van der Waals surface area (Å²) < 4.78 is 8.36. The zero-order valence-electron chi connectivity index (χ0n) is 11.7. The molecule has 1 heterocycles. The van der Waals surface area contributed by atoms with E-state index in [0.29, 0.717) is 17.0 Å². The van der Waals surface area contributed by atoms with Crippen LogP contribution in [-0.4, -0.2) is 22.1 Å². The molecule has 0 fully saturated rings. The van der Waals surface area contributed by atoms with Crippen LogP contribution < -0.4 is 0 Å². The number of aromatic nitrogens is 2. The molecule has 1 N–H and O–H groups in total. The van der Waals surface area contributed by atoms with Gasteiger partial charge in [-0.25, -0.2) is 4.79 Å². The predicted octanol–water partition coefficient (Wildman–Crippen LogP) is 3.95. The van der Waals surface area contributed by atoms with Crippen molar-refractivity contribution in [1.82, 2.24) is 9.55 Å². The lowest BCUT2D eigenvalue weighted by molar-refractivity contribution is -0.139. The third-order valence-corrected chi connectivity index (χ3v) is 3.50. The van der Waals surface area contributed by atoms with Crippen molar-refractivity contribution >= 4 is 30.4 Å². The normalized spacial score (nSPS) is 10.2. The Balaban J connectivity index is 2.17. The van der Waals surface area contributed by atoms with Gasteiger partial charge in [-0.15, -0.1) is 0 Å². The fourth-order valence-electron chi connectivity index (χ4n) is 1.68. The maximum atomic E-state index is 11.1. The molecule has 1 rings (SSSR count). The van der Waals surface area contributed by atoms with Crippen LogP contribution in [0.15, 0.2) is 24.4 Å². The number of rotatable bonds is 8. The van der Waals surface area contributed by atoms with E-state index in [9.17, 15) is 4.79 Å². The molecule has 4 nitrogen and oxygen atoms in total. The van der Waals surface area contributed by atoms with Gasteiger partial charge in [-0.05, 0) is 44.5 Å². The lowest BCUT2D eigenvalue weighted by Gasteiger charge is -2.07. The molecule has 20 heavy (non-hydrogen) atoms. The van der Waals surface area contributed by atoms with Crippen LogP contribution in [0.5, 0.6) is 0 Å². The number of H-pyrrole nitrogens is 1. The molecule has 0 aliphatic rings. The van der Waals surface area contributed by atoms with Crippen LogP contribution in [0.3, 0.4) is 0 Å². The van der Waals surface area contributed by atoms with Crippen molar-refractivity contribution in [2.75, 3.05) is 6.61 Å². The minimum Gasteiger partial charge on any atom is -0.462 e. The third-order valence-electron chi connectivity index (χ3n) is 2.80. The molecule has 0 radical (unpaired) electrons. The minimum absolute atomic E-state index is 0.313. The largest absolute Gasteiger partial charge is 0.462 e. The van der Waals surface area contributed by atoms with Gasteiger partial charge in [-0.2, -0.15) is 0 Å². The summed E-state index contributed by atoms with van der Waals surface area (Å²) in [5.41, 5.74) is 0.442. The average molecular weight is 312 g/mol. The van der Waals surface area contributed by atoms with Gasteiger partial charge in [0.1, 0.15) is 4.64 Å². The molecule has 0 unspecified atom stereocenters. The first-order valence-corrected chi connectivity index (χ1v) is 7.45. The minimum atomic E-state index is -0.313. The SMILES string of the molecule is C=C(C)C(=O)OCCCCCCn1c(=S)cc[nH]c1=S. The summed E-state index contributed by atoms with van der Waals surface area (Å²) >= 11 is 10.4. The first-order chi connectivity index (χ1) is 9.52. The van der Waals surface area contributed by atoms with Gasteiger partial charge in [0, 0.05) is 18.3 Å². The number of nitrogens with zero attached hydrogens (tertiary/aromatic N) is 1. The number of unbranched alkanes of at least 4 members (excludes halogenated alkanes) is 3. The molecule has 0 atom stereocenters. The van der Waals surface area contributed by atoms with Gasteiger partial charge in [0.05, 0.1) is 6.61 Å². The van der Waals surface area contributed by atoms with E-state index in [1.54, 1.807) is 13.1 Å². The Hall–Kier alpha value is -1.27. The Kier molecular flexibility index (Phi) is 7.40. The van der Waals surface area contributed by atoms with Crippen molar-refractivity contribution < 1.29 is 9.53 Å². The van der Waals surface area contributed by atoms with E-state index in [1.165, 1.54) is 0 Å². The molecule has 0 aliphatic heterocycles. The first kappa shape index (κ1) is 16.8. The highest BCUT2D eigenvalue weighted by Gasteiger charge is 2.01. The maximum Gasteiger partial charge on any atom is 0.333 e. The number of aromatic amines is 1. The van der Waals surface area contributed by atoms with Crippen LogP contribution in [0.1, 0.15) is 32.6 Å². The summed E-state index contributed by atoms with van der Waals surface area (Å²) in [6, 6.07) is 1.84. The van der Waals surface area contributed by atoms with Gasteiger partial charge >= 0.3 is 5.97 Å². The summed E-state index contributed by atoms with van der Waals surface area (Å²) in [5.74, 6) is -0.313. The monoisotopic (exact) mass is 312 g/mol. The second-order valence-electron chi connectivity index (χ2n) is 4.60. The van der Waals surface area contributed by atoms with E-state index in [1.807, 2.05) is 10.6 Å². The maximum absolute atomic E-state index is 11.1. The number of hydrogen-bond acceptors (Lipinski definition) is 4. The lowest BCUT2D eigenvalue weighted by atomic mass is 10.2. The Morgan fingerprint density at radius 2 is 2.05 bits per heavy atom. The zero-order valence-corrected chi connectivity index (χ0v) is 13.3. The summed E-state index contributed by atoms with van der Waals surface area (Å²) in [6.45, 7) is 6.46. The predicted molar refractivity (Wildman–Crippen MR) is 84.7 cm³/mol. The molecule has 0 saturated carbocycles. The van der Waals surface area contributed by atoms with E-state index >= 15 is 0 Å². The lowest BCUT2D eigenvalue weighted by Crippen LogP contribution is -2.06. The molecule has 0 amide bonds. The number of hydrogen-bond donors (Lipinski definition) is 1. The van der Waals surface area contributed by atoms with E-state index in [2.05, 4.69) is 11.6 Å². The van der Waals surface area contributed by atoms with Crippen molar-refractivity contribution in [1.29, 1.82) is 0 Å². The smallest absolute Gasteiger partial charge is 0.333 e. The average Bonchev–Trinajstić information content (AvgIpc) is 2.40. The summed E-state index contributed by atoms with van der Waals surface area (Å²) in [6.07, 6.45) is 5.70. The molecule has 0 bridgehead atoms. The number of carbonyl (C=O) groups excluding carboxylic acids is 1. The molecular weight excluding hydrogens is 292 g/mol. The number of esters is 1. The van der Waals surface area contributed by atoms with Crippen LogP contribution in [0.4, 0.5) is 0 Å². The summed E-state index contributed by atoms with van der Waals surface area (Å²) in [4.78, 5) is 14.1. The molecule has 0 spiro atoms. The van der Waals surface area contributed by atoms with Gasteiger partial charge in [0.2, 0.25) is 0 Å². The van der Waals surface area contributed by atoms with Gasteiger partial charge in [-0.3, -0.25) is 0 Å². The Bertz CT molecular complexity index is 547. The number of nitrogens with one attached hydrogen (secondary N) is 1. The Labute approximate surface area is 129 Å². The van der Waals surface area contributed by atoms with Crippen LogP contribution in [0.25, 0.3) is 0 Å². The highest BCUT2D eigenvalue weighted by atomic mass is 32.1. The van der Waals surface area contributed by atoms with Crippen LogP contribution in [-0.2, 0) is 16.1 Å². The second kappa shape index (κ2) is 8.81. The zero-order chi connectivity index (χ0) is 15.0. The molecule has 6 heteroatoms. The van der Waals surface area contributed by atoms with Crippen molar-refractivity contribution in [2.24, 2.45) is 0 Å². The van der Waals surface area contributed by atoms with Crippen molar-refractivity contribution in [2.45, 2.75) is 39.2 Å². The summed E-state index contributed by atoms with van der Waals surface area (Å²) in [5, 5.41) is 0. The van der Waals surface area contributed by atoms with E-state index < -0.39 is 0 Å². The standard InChI is InChI=1S/C14H20N2O2S2/c1-11(2)13(17)18-10-6-4-3-5-9-16-12(19)7-8-15-14(16)20/h7-8H,1,3-6,9-10H2,2H3,(H,15,20). The van der Waals surface area contributed by atoms with Crippen LogP contribution in [0, 0.1) is 9.41 Å². The first-order valence-electron chi connectivity index (χ1n) is 6.63. The fraction of sp³-hybridized carbons (Fsp3) is 0.500. The van der Waals surface area contributed by atoms with Gasteiger partial charge in [0.15, 0.2) is 4.77 Å². The molecule has 1 aromatic rings. The van der Waals surface area contributed by atoms with Crippen LogP contribution in [0.2, 0.25) is 0 Å². The topological polar surface area (TPSA) is 47.0 Å². The van der Waals surface area contributed by atoms with E-state index in [4.69, 9.17) is 29.2 Å². The highest BCUT2D eigenvalue weighted by Crippen LogP contribution is 2.05. The van der Waals surface area contributed by atoms with Crippen molar-refractivity contribution in [3.63, 3.8) is 0 Å². The molecule has 110 valence electrons. The molecule has 0 aromatic carbocycles. The van der Waals surface area contributed by atoms with Gasteiger partial charge in [0.25, 0.3) is 0 Å². The Morgan fingerprint density at radius 1 is 1.35 bits per heavy atom. The Morgan fingerprint density at radius 3 is 2.70 bits per heavy atom. The van der Waals surface area contributed by atoms with Crippen LogP contribution >= 0.6 is 24.4 Å². The summed E-state index contributed by atoms with van der Waals surface area (Å²) in [7, 11) is 0. The van der Waals surface area contributed by atoms with E-state index in [0.717, 1.165) is 36.9 Å². The fourth-order valence-corrected chi connectivity index (χ4v) is 2.24. The van der Waals surface area contributed by atoms with Crippen molar-refractivity contribution in [3.8, 4) is 0 Å².